The summed E-state index contributed by atoms with van der Waals surface area (Å²) in [5.41, 5.74) is 1.80. The molecule has 0 fully saturated rings. The maximum Gasteiger partial charge on any atom is 0.150 e. The van der Waals surface area contributed by atoms with Gasteiger partial charge in [0, 0.05) is 30.1 Å². The normalized spacial score (nSPS) is 10.4. The van der Waals surface area contributed by atoms with E-state index in [-0.39, 0.29) is 0 Å². The molecule has 0 spiro atoms. The third-order valence-electron chi connectivity index (χ3n) is 3.60. The molecule has 0 bridgehead atoms. The van der Waals surface area contributed by atoms with E-state index in [9.17, 15) is 0 Å². The summed E-state index contributed by atoms with van der Waals surface area (Å²) in [5.74, 6) is 2.78. The molecule has 0 aliphatic carbocycles. The Labute approximate surface area is 135 Å². The van der Waals surface area contributed by atoms with Crippen molar-refractivity contribution < 1.29 is 14.2 Å². The number of benzene rings is 2. The minimum Gasteiger partial charge on any atom is -0.496 e. The van der Waals surface area contributed by atoms with Crippen LogP contribution in [0.15, 0.2) is 54.9 Å². The van der Waals surface area contributed by atoms with Crippen molar-refractivity contribution in [3.63, 3.8) is 0 Å². The first kappa shape index (κ1) is 15.0. The van der Waals surface area contributed by atoms with Crippen LogP contribution in [0, 0.1) is 0 Å². The maximum atomic E-state index is 5.54. The van der Waals surface area contributed by atoms with Gasteiger partial charge in [0.05, 0.1) is 21.3 Å². The number of nitrogens with zero attached hydrogens (tertiary/aromatic N) is 2. The second-order valence-corrected chi connectivity index (χ2v) is 4.87. The summed E-state index contributed by atoms with van der Waals surface area (Å²) in [5, 5.41) is 0. The number of rotatable bonds is 5. The SMILES string of the molecule is COc1cc(OC)c(-n2ccnc2-c2ccccc2)c(OC)c1. The predicted octanol–water partition coefficient (Wildman–Crippen LogP) is 3.57. The molecule has 0 amide bonds. The topological polar surface area (TPSA) is 45.5 Å². The third-order valence-corrected chi connectivity index (χ3v) is 3.60. The highest BCUT2D eigenvalue weighted by atomic mass is 16.5. The zero-order valence-corrected chi connectivity index (χ0v) is 13.3. The van der Waals surface area contributed by atoms with Crippen LogP contribution in [0.2, 0.25) is 0 Å². The number of methoxy groups -OCH3 is 3. The van der Waals surface area contributed by atoms with E-state index in [1.807, 2.05) is 53.2 Å². The monoisotopic (exact) mass is 310 g/mol. The summed E-state index contributed by atoms with van der Waals surface area (Å²) in [4.78, 5) is 4.48. The summed E-state index contributed by atoms with van der Waals surface area (Å²) in [6.07, 6.45) is 3.64. The molecule has 0 saturated carbocycles. The highest BCUT2D eigenvalue weighted by molar-refractivity contribution is 5.66. The first-order valence-electron chi connectivity index (χ1n) is 7.17. The Bertz CT molecular complexity index is 772. The molecule has 0 atom stereocenters. The minimum atomic E-state index is 0.649. The minimum absolute atomic E-state index is 0.649. The number of hydrogen-bond donors (Lipinski definition) is 0. The second kappa shape index (κ2) is 6.44. The first-order valence-corrected chi connectivity index (χ1v) is 7.17. The van der Waals surface area contributed by atoms with Gasteiger partial charge in [0.1, 0.15) is 28.8 Å². The highest BCUT2D eigenvalue weighted by Gasteiger charge is 2.18. The molecule has 1 heterocycles. The van der Waals surface area contributed by atoms with Gasteiger partial charge in [0.2, 0.25) is 0 Å². The lowest BCUT2D eigenvalue weighted by Gasteiger charge is -2.17. The van der Waals surface area contributed by atoms with Gasteiger partial charge in [0.25, 0.3) is 0 Å². The lowest BCUT2D eigenvalue weighted by Crippen LogP contribution is -2.03. The van der Waals surface area contributed by atoms with Crippen molar-refractivity contribution in [2.45, 2.75) is 0 Å². The van der Waals surface area contributed by atoms with E-state index in [2.05, 4.69) is 4.98 Å². The van der Waals surface area contributed by atoms with Crippen molar-refractivity contribution in [2.75, 3.05) is 21.3 Å². The van der Waals surface area contributed by atoms with Crippen molar-refractivity contribution in [1.82, 2.24) is 9.55 Å². The third kappa shape index (κ3) is 2.73. The molecular formula is C18H18N2O3. The van der Waals surface area contributed by atoms with Gasteiger partial charge in [-0.3, -0.25) is 4.57 Å². The van der Waals surface area contributed by atoms with E-state index in [1.165, 1.54) is 0 Å². The molecule has 0 saturated heterocycles. The van der Waals surface area contributed by atoms with Crippen LogP contribution in [0.3, 0.4) is 0 Å². The average Bonchev–Trinajstić information content (AvgIpc) is 3.10. The van der Waals surface area contributed by atoms with Crippen LogP contribution in [0.25, 0.3) is 17.1 Å². The number of aromatic nitrogens is 2. The summed E-state index contributed by atoms with van der Waals surface area (Å²) >= 11 is 0. The van der Waals surface area contributed by atoms with Gasteiger partial charge in [-0.25, -0.2) is 4.98 Å². The Morgan fingerprint density at radius 3 is 2.09 bits per heavy atom. The summed E-state index contributed by atoms with van der Waals surface area (Å²) in [6, 6.07) is 13.6. The van der Waals surface area contributed by atoms with Crippen molar-refractivity contribution in [2.24, 2.45) is 0 Å². The standard InChI is InChI=1S/C18H18N2O3/c1-21-14-11-15(22-2)17(16(12-14)23-3)20-10-9-19-18(20)13-7-5-4-6-8-13/h4-12H,1-3H3. The van der Waals surface area contributed by atoms with Crippen LogP contribution in [0.1, 0.15) is 0 Å². The Kier molecular flexibility index (Phi) is 4.19. The molecule has 0 aliphatic heterocycles. The molecule has 5 heteroatoms. The summed E-state index contributed by atoms with van der Waals surface area (Å²) in [6.45, 7) is 0. The van der Waals surface area contributed by atoms with Crippen LogP contribution in [-0.4, -0.2) is 30.9 Å². The summed E-state index contributed by atoms with van der Waals surface area (Å²) in [7, 11) is 4.86. The summed E-state index contributed by atoms with van der Waals surface area (Å²) < 4.78 is 18.3. The molecular weight excluding hydrogens is 292 g/mol. The number of ether oxygens (including phenoxy) is 3. The van der Waals surface area contributed by atoms with E-state index in [1.54, 1.807) is 27.5 Å². The van der Waals surface area contributed by atoms with Crippen molar-refractivity contribution in [3.8, 4) is 34.3 Å². The van der Waals surface area contributed by atoms with E-state index in [0.717, 1.165) is 17.1 Å². The van der Waals surface area contributed by atoms with E-state index >= 15 is 0 Å². The number of hydrogen-bond acceptors (Lipinski definition) is 4. The molecule has 23 heavy (non-hydrogen) atoms. The second-order valence-electron chi connectivity index (χ2n) is 4.87. The first-order chi connectivity index (χ1) is 11.3. The van der Waals surface area contributed by atoms with Crippen LogP contribution >= 0.6 is 0 Å². The molecule has 0 aliphatic rings. The largest absolute Gasteiger partial charge is 0.496 e. The lowest BCUT2D eigenvalue weighted by molar-refractivity contribution is 0.373. The molecule has 118 valence electrons. The Morgan fingerprint density at radius 1 is 0.870 bits per heavy atom. The zero-order chi connectivity index (χ0) is 16.2. The molecule has 3 aromatic rings. The predicted molar refractivity (Wildman–Crippen MR) is 88.7 cm³/mol. The Hall–Kier alpha value is -2.95. The van der Waals surface area contributed by atoms with Gasteiger partial charge >= 0.3 is 0 Å². The van der Waals surface area contributed by atoms with Crippen molar-refractivity contribution in [3.05, 3.63) is 54.9 Å². The average molecular weight is 310 g/mol. The van der Waals surface area contributed by atoms with Gasteiger partial charge < -0.3 is 14.2 Å². The smallest absolute Gasteiger partial charge is 0.150 e. The van der Waals surface area contributed by atoms with Crippen LogP contribution in [0.4, 0.5) is 0 Å². The van der Waals surface area contributed by atoms with Crippen LogP contribution in [-0.2, 0) is 0 Å². The molecule has 5 nitrogen and oxygen atoms in total. The van der Waals surface area contributed by atoms with Crippen molar-refractivity contribution >= 4 is 0 Å². The van der Waals surface area contributed by atoms with E-state index in [4.69, 9.17) is 14.2 Å². The number of imidazole rings is 1. The van der Waals surface area contributed by atoms with Gasteiger partial charge in [-0.1, -0.05) is 30.3 Å². The van der Waals surface area contributed by atoms with Crippen LogP contribution in [0.5, 0.6) is 17.2 Å². The molecule has 0 radical (unpaired) electrons. The fraction of sp³-hybridized carbons (Fsp3) is 0.167. The Balaban J connectivity index is 2.22. The van der Waals surface area contributed by atoms with E-state index < -0.39 is 0 Å². The van der Waals surface area contributed by atoms with Gasteiger partial charge in [-0.2, -0.15) is 0 Å². The molecule has 3 rings (SSSR count). The molecule has 1 aromatic heterocycles. The fourth-order valence-electron chi connectivity index (χ4n) is 2.51. The lowest BCUT2D eigenvalue weighted by atomic mass is 10.2. The fourth-order valence-corrected chi connectivity index (χ4v) is 2.51. The van der Waals surface area contributed by atoms with Gasteiger partial charge in [-0.05, 0) is 0 Å². The van der Waals surface area contributed by atoms with Crippen LogP contribution < -0.4 is 14.2 Å². The molecule has 0 N–H and O–H groups in total. The maximum absolute atomic E-state index is 5.54. The highest BCUT2D eigenvalue weighted by Crippen LogP contribution is 2.38. The van der Waals surface area contributed by atoms with Gasteiger partial charge in [-0.15, -0.1) is 0 Å². The molecule has 2 aromatic carbocycles. The van der Waals surface area contributed by atoms with Gasteiger partial charge in [0.15, 0.2) is 0 Å². The van der Waals surface area contributed by atoms with E-state index in [0.29, 0.717) is 17.2 Å². The van der Waals surface area contributed by atoms with Crippen molar-refractivity contribution in [1.29, 1.82) is 0 Å². The molecule has 0 unspecified atom stereocenters. The Morgan fingerprint density at radius 2 is 1.52 bits per heavy atom. The zero-order valence-electron chi connectivity index (χ0n) is 13.3. The quantitative estimate of drug-likeness (QED) is 0.723.